The van der Waals surface area contributed by atoms with Gasteiger partial charge in [0.05, 0.1) is 7.11 Å². The van der Waals surface area contributed by atoms with Gasteiger partial charge in [0.1, 0.15) is 5.75 Å². The molecule has 4 heteroatoms. The van der Waals surface area contributed by atoms with Gasteiger partial charge in [0.25, 0.3) is 0 Å². The molecule has 0 spiro atoms. The summed E-state index contributed by atoms with van der Waals surface area (Å²) < 4.78 is 5.23. The Kier molecular flexibility index (Phi) is 5.42. The molecule has 0 heterocycles. The molecule has 0 aliphatic rings. The molecule has 2 aromatic rings. The minimum Gasteiger partial charge on any atom is -0.496 e. The van der Waals surface area contributed by atoms with Gasteiger partial charge in [-0.05, 0) is 29.7 Å². The quantitative estimate of drug-likeness (QED) is 0.919. The average Bonchev–Trinajstić information content (AvgIpc) is 2.53. The van der Waals surface area contributed by atoms with E-state index in [4.69, 9.17) is 4.74 Å². The van der Waals surface area contributed by atoms with Gasteiger partial charge in [-0.25, -0.2) is 4.79 Å². The molecule has 0 aliphatic carbocycles. The summed E-state index contributed by atoms with van der Waals surface area (Å²) in [6.07, 6.45) is 0. The molecule has 0 bridgehead atoms. The molecular weight excluding hydrogens is 276 g/mol. The Morgan fingerprint density at radius 3 is 2.50 bits per heavy atom. The van der Waals surface area contributed by atoms with E-state index in [2.05, 4.69) is 5.32 Å². The van der Waals surface area contributed by atoms with E-state index in [0.29, 0.717) is 13.1 Å². The summed E-state index contributed by atoms with van der Waals surface area (Å²) in [4.78, 5) is 13.8. The SMILES string of the molecule is COc1ccc(CNC(=O)N(C)Cc2ccccc2)cc1C. The number of carbonyl (C=O) groups excluding carboxylic acids is 1. The second kappa shape index (κ2) is 7.50. The normalized spacial score (nSPS) is 10.1. The average molecular weight is 298 g/mol. The van der Waals surface area contributed by atoms with E-state index in [1.807, 2.05) is 55.5 Å². The maximum Gasteiger partial charge on any atom is 0.317 e. The van der Waals surface area contributed by atoms with E-state index in [9.17, 15) is 4.79 Å². The van der Waals surface area contributed by atoms with Gasteiger partial charge in [-0.1, -0.05) is 42.5 Å². The first-order valence-corrected chi connectivity index (χ1v) is 7.26. The molecule has 4 nitrogen and oxygen atoms in total. The van der Waals surface area contributed by atoms with Gasteiger partial charge in [-0.3, -0.25) is 0 Å². The molecule has 1 N–H and O–H groups in total. The Morgan fingerprint density at radius 1 is 1.14 bits per heavy atom. The lowest BCUT2D eigenvalue weighted by Gasteiger charge is -2.18. The maximum atomic E-state index is 12.1. The Labute approximate surface area is 131 Å². The highest BCUT2D eigenvalue weighted by atomic mass is 16.5. The van der Waals surface area contributed by atoms with Crippen LogP contribution in [0.4, 0.5) is 4.79 Å². The van der Waals surface area contributed by atoms with Crippen LogP contribution in [-0.2, 0) is 13.1 Å². The fourth-order valence-corrected chi connectivity index (χ4v) is 2.29. The van der Waals surface area contributed by atoms with Crippen LogP contribution in [0.15, 0.2) is 48.5 Å². The first kappa shape index (κ1) is 15.9. The fourth-order valence-electron chi connectivity index (χ4n) is 2.29. The molecule has 22 heavy (non-hydrogen) atoms. The minimum atomic E-state index is -0.0858. The van der Waals surface area contributed by atoms with E-state index in [-0.39, 0.29) is 6.03 Å². The fraction of sp³-hybridized carbons (Fsp3) is 0.278. The molecule has 0 saturated heterocycles. The Bertz CT molecular complexity index is 626. The van der Waals surface area contributed by atoms with Crippen LogP contribution in [0.2, 0.25) is 0 Å². The molecule has 0 unspecified atom stereocenters. The Morgan fingerprint density at radius 2 is 1.86 bits per heavy atom. The molecule has 0 aliphatic heterocycles. The van der Waals surface area contributed by atoms with Crippen molar-refractivity contribution in [3.8, 4) is 5.75 Å². The number of aryl methyl sites for hydroxylation is 1. The lowest BCUT2D eigenvalue weighted by atomic mass is 10.1. The van der Waals surface area contributed by atoms with Gasteiger partial charge in [0, 0.05) is 20.1 Å². The van der Waals surface area contributed by atoms with Gasteiger partial charge in [0.15, 0.2) is 0 Å². The molecule has 0 saturated carbocycles. The third-order valence-electron chi connectivity index (χ3n) is 3.51. The number of hydrogen-bond donors (Lipinski definition) is 1. The minimum absolute atomic E-state index is 0.0858. The largest absolute Gasteiger partial charge is 0.496 e. The summed E-state index contributed by atoms with van der Waals surface area (Å²) in [5.74, 6) is 0.858. The highest BCUT2D eigenvalue weighted by Crippen LogP contribution is 2.18. The zero-order chi connectivity index (χ0) is 15.9. The predicted molar refractivity (Wildman–Crippen MR) is 87.9 cm³/mol. The maximum absolute atomic E-state index is 12.1. The van der Waals surface area contributed by atoms with Crippen molar-refractivity contribution in [2.75, 3.05) is 14.2 Å². The van der Waals surface area contributed by atoms with Crippen molar-refractivity contribution < 1.29 is 9.53 Å². The van der Waals surface area contributed by atoms with Crippen LogP contribution in [0.3, 0.4) is 0 Å². The third-order valence-corrected chi connectivity index (χ3v) is 3.51. The standard InChI is InChI=1S/C18H22N2O2/c1-14-11-16(9-10-17(14)22-3)12-19-18(21)20(2)13-15-7-5-4-6-8-15/h4-11H,12-13H2,1-3H3,(H,19,21). The number of amides is 2. The summed E-state index contributed by atoms with van der Waals surface area (Å²) in [6, 6.07) is 15.8. The molecule has 0 atom stereocenters. The van der Waals surface area contributed by atoms with Gasteiger partial charge in [-0.15, -0.1) is 0 Å². The van der Waals surface area contributed by atoms with Crippen molar-refractivity contribution in [1.82, 2.24) is 10.2 Å². The molecule has 0 radical (unpaired) electrons. The van der Waals surface area contributed by atoms with E-state index >= 15 is 0 Å². The molecule has 116 valence electrons. The first-order valence-electron chi connectivity index (χ1n) is 7.26. The van der Waals surface area contributed by atoms with E-state index in [1.165, 1.54) is 0 Å². The van der Waals surface area contributed by atoms with E-state index in [1.54, 1.807) is 19.1 Å². The summed E-state index contributed by atoms with van der Waals surface area (Å²) in [6.45, 7) is 3.09. The second-order valence-corrected chi connectivity index (χ2v) is 5.30. The molecular formula is C18H22N2O2. The Balaban J connectivity index is 1.88. The number of nitrogens with zero attached hydrogens (tertiary/aromatic N) is 1. The molecule has 0 fully saturated rings. The summed E-state index contributed by atoms with van der Waals surface area (Å²) in [5.41, 5.74) is 3.23. The predicted octanol–water partition coefficient (Wildman–Crippen LogP) is 3.35. The second-order valence-electron chi connectivity index (χ2n) is 5.30. The molecule has 2 aromatic carbocycles. The summed E-state index contributed by atoms with van der Waals surface area (Å²) >= 11 is 0. The van der Waals surface area contributed by atoms with Gasteiger partial charge in [0.2, 0.25) is 0 Å². The van der Waals surface area contributed by atoms with Crippen molar-refractivity contribution >= 4 is 6.03 Å². The lowest BCUT2D eigenvalue weighted by molar-refractivity contribution is 0.206. The van der Waals surface area contributed by atoms with Crippen molar-refractivity contribution in [2.45, 2.75) is 20.0 Å². The van der Waals surface area contributed by atoms with Gasteiger partial charge < -0.3 is 15.0 Å². The van der Waals surface area contributed by atoms with E-state index < -0.39 is 0 Å². The number of hydrogen-bond acceptors (Lipinski definition) is 2. The van der Waals surface area contributed by atoms with Crippen LogP contribution < -0.4 is 10.1 Å². The molecule has 2 amide bonds. The first-order chi connectivity index (χ1) is 10.6. The highest BCUT2D eigenvalue weighted by Gasteiger charge is 2.09. The van der Waals surface area contributed by atoms with Crippen molar-refractivity contribution in [1.29, 1.82) is 0 Å². The van der Waals surface area contributed by atoms with Crippen molar-refractivity contribution in [3.63, 3.8) is 0 Å². The zero-order valence-corrected chi connectivity index (χ0v) is 13.3. The third kappa shape index (κ3) is 4.25. The van der Waals surface area contributed by atoms with Crippen molar-refractivity contribution in [3.05, 3.63) is 65.2 Å². The lowest BCUT2D eigenvalue weighted by Crippen LogP contribution is -2.36. The monoisotopic (exact) mass is 298 g/mol. The van der Waals surface area contributed by atoms with E-state index in [0.717, 1.165) is 22.4 Å². The van der Waals surface area contributed by atoms with Gasteiger partial charge >= 0.3 is 6.03 Å². The molecule has 2 rings (SSSR count). The summed E-state index contributed by atoms with van der Waals surface area (Å²) in [5, 5.41) is 2.93. The number of nitrogens with one attached hydrogen (secondary N) is 1. The van der Waals surface area contributed by atoms with Crippen LogP contribution in [-0.4, -0.2) is 25.1 Å². The Hall–Kier alpha value is -2.49. The summed E-state index contributed by atoms with van der Waals surface area (Å²) in [7, 11) is 3.45. The highest BCUT2D eigenvalue weighted by molar-refractivity contribution is 5.73. The van der Waals surface area contributed by atoms with Crippen molar-refractivity contribution in [2.24, 2.45) is 0 Å². The smallest absolute Gasteiger partial charge is 0.317 e. The molecule has 0 aromatic heterocycles. The van der Waals surface area contributed by atoms with Crippen LogP contribution >= 0.6 is 0 Å². The van der Waals surface area contributed by atoms with Gasteiger partial charge in [-0.2, -0.15) is 0 Å². The number of ether oxygens (including phenoxy) is 1. The van der Waals surface area contributed by atoms with Crippen LogP contribution in [0, 0.1) is 6.92 Å². The number of carbonyl (C=O) groups is 1. The van der Waals surface area contributed by atoms with Crippen LogP contribution in [0.25, 0.3) is 0 Å². The number of urea groups is 1. The number of methoxy groups -OCH3 is 1. The van der Waals surface area contributed by atoms with Crippen LogP contribution in [0.1, 0.15) is 16.7 Å². The van der Waals surface area contributed by atoms with Crippen LogP contribution in [0.5, 0.6) is 5.75 Å². The topological polar surface area (TPSA) is 41.6 Å². The number of rotatable bonds is 5. The number of benzene rings is 2. The zero-order valence-electron chi connectivity index (χ0n) is 13.3.